The Labute approximate surface area is 150 Å². The third-order valence-electron chi connectivity index (χ3n) is 5.44. The molecule has 5 nitrogen and oxygen atoms in total. The van der Waals surface area contributed by atoms with Crippen LogP contribution in [0.1, 0.15) is 56.6 Å². The number of amides is 3. The molecule has 1 aliphatic carbocycles. The first kappa shape index (κ1) is 17.8. The molecule has 136 valence electrons. The van der Waals surface area contributed by atoms with Crippen LogP contribution in [0.4, 0.5) is 4.79 Å². The van der Waals surface area contributed by atoms with Gasteiger partial charge in [-0.15, -0.1) is 0 Å². The zero-order valence-electron chi connectivity index (χ0n) is 15.1. The zero-order valence-corrected chi connectivity index (χ0v) is 15.1. The molecule has 3 amide bonds. The Morgan fingerprint density at radius 2 is 1.88 bits per heavy atom. The Morgan fingerprint density at radius 3 is 2.56 bits per heavy atom. The van der Waals surface area contributed by atoms with Gasteiger partial charge < -0.3 is 15.5 Å². The number of rotatable bonds is 5. The molecule has 5 heteroatoms. The van der Waals surface area contributed by atoms with Gasteiger partial charge in [0.1, 0.15) is 0 Å². The van der Waals surface area contributed by atoms with Crippen molar-refractivity contribution >= 4 is 11.9 Å². The van der Waals surface area contributed by atoms with Crippen molar-refractivity contribution in [2.75, 3.05) is 6.54 Å². The number of urea groups is 1. The van der Waals surface area contributed by atoms with Crippen molar-refractivity contribution in [1.29, 1.82) is 0 Å². The standard InChI is InChI=1S/C20H29N3O2/c1-15-8-10-18(11-9-15)22-20(25)21-13-16-5-2-3-6-17(16)14-23-12-4-7-19(23)24/h2-3,5-6,15,18H,4,7-14H2,1H3,(H2,21,22,25). The second-order valence-corrected chi connectivity index (χ2v) is 7.47. The van der Waals surface area contributed by atoms with Gasteiger partial charge in [0, 0.05) is 32.1 Å². The molecule has 25 heavy (non-hydrogen) atoms. The number of carbonyl (C=O) groups excluding carboxylic acids is 2. The van der Waals surface area contributed by atoms with Crippen molar-refractivity contribution in [2.45, 2.75) is 64.6 Å². The Kier molecular flexibility index (Phi) is 5.95. The Hall–Kier alpha value is -2.04. The average Bonchev–Trinajstić information content (AvgIpc) is 3.01. The molecule has 0 unspecified atom stereocenters. The van der Waals surface area contributed by atoms with Gasteiger partial charge in [-0.2, -0.15) is 0 Å². The van der Waals surface area contributed by atoms with Gasteiger partial charge >= 0.3 is 6.03 Å². The van der Waals surface area contributed by atoms with Gasteiger partial charge in [-0.3, -0.25) is 4.79 Å². The fourth-order valence-electron chi connectivity index (χ4n) is 3.78. The summed E-state index contributed by atoms with van der Waals surface area (Å²) in [7, 11) is 0. The van der Waals surface area contributed by atoms with Gasteiger partial charge in [-0.05, 0) is 49.1 Å². The largest absolute Gasteiger partial charge is 0.338 e. The van der Waals surface area contributed by atoms with E-state index in [0.29, 0.717) is 25.6 Å². The van der Waals surface area contributed by atoms with E-state index >= 15 is 0 Å². The smallest absolute Gasteiger partial charge is 0.315 e. The molecule has 1 aliphatic heterocycles. The fourth-order valence-corrected chi connectivity index (χ4v) is 3.78. The molecular weight excluding hydrogens is 314 g/mol. The number of nitrogens with one attached hydrogen (secondary N) is 2. The van der Waals surface area contributed by atoms with Crippen molar-refractivity contribution in [3.63, 3.8) is 0 Å². The van der Waals surface area contributed by atoms with Crippen LogP contribution >= 0.6 is 0 Å². The quantitative estimate of drug-likeness (QED) is 0.862. The van der Waals surface area contributed by atoms with Crippen LogP contribution in [0.5, 0.6) is 0 Å². The summed E-state index contributed by atoms with van der Waals surface area (Å²) in [6.07, 6.45) is 6.13. The van der Waals surface area contributed by atoms with E-state index in [1.807, 2.05) is 29.2 Å². The lowest BCUT2D eigenvalue weighted by molar-refractivity contribution is -0.128. The predicted octanol–water partition coefficient (Wildman–Crippen LogP) is 3.19. The maximum atomic E-state index is 12.2. The molecule has 0 spiro atoms. The second kappa shape index (κ2) is 8.37. The van der Waals surface area contributed by atoms with E-state index in [0.717, 1.165) is 42.9 Å². The van der Waals surface area contributed by atoms with Crippen LogP contribution in [0.3, 0.4) is 0 Å². The van der Waals surface area contributed by atoms with Crippen molar-refractivity contribution in [1.82, 2.24) is 15.5 Å². The van der Waals surface area contributed by atoms with E-state index < -0.39 is 0 Å². The highest BCUT2D eigenvalue weighted by molar-refractivity contribution is 5.78. The highest BCUT2D eigenvalue weighted by Gasteiger charge is 2.22. The van der Waals surface area contributed by atoms with E-state index in [4.69, 9.17) is 0 Å². The van der Waals surface area contributed by atoms with E-state index in [-0.39, 0.29) is 11.9 Å². The number of hydrogen-bond donors (Lipinski definition) is 2. The van der Waals surface area contributed by atoms with E-state index in [9.17, 15) is 9.59 Å². The molecule has 0 aromatic heterocycles. The van der Waals surface area contributed by atoms with Crippen molar-refractivity contribution < 1.29 is 9.59 Å². The molecule has 2 fully saturated rings. The molecule has 0 atom stereocenters. The molecule has 1 saturated heterocycles. The van der Waals surface area contributed by atoms with Crippen molar-refractivity contribution in [3.05, 3.63) is 35.4 Å². The highest BCUT2D eigenvalue weighted by Crippen LogP contribution is 2.23. The highest BCUT2D eigenvalue weighted by atomic mass is 16.2. The summed E-state index contributed by atoms with van der Waals surface area (Å²) in [5.41, 5.74) is 2.19. The average molecular weight is 343 g/mol. The number of benzene rings is 1. The Morgan fingerprint density at radius 1 is 1.16 bits per heavy atom. The topological polar surface area (TPSA) is 61.4 Å². The lowest BCUT2D eigenvalue weighted by Crippen LogP contribution is -2.43. The molecule has 2 aliphatic rings. The maximum Gasteiger partial charge on any atom is 0.315 e. The van der Waals surface area contributed by atoms with Gasteiger partial charge in [0.05, 0.1) is 0 Å². The summed E-state index contributed by atoms with van der Waals surface area (Å²) < 4.78 is 0. The zero-order chi connectivity index (χ0) is 17.6. The minimum absolute atomic E-state index is 0.0911. The summed E-state index contributed by atoms with van der Waals surface area (Å²) in [5, 5.41) is 6.08. The van der Waals surface area contributed by atoms with Gasteiger partial charge in [-0.1, -0.05) is 31.2 Å². The SMILES string of the molecule is CC1CCC(NC(=O)NCc2ccccc2CN2CCCC2=O)CC1. The van der Waals surface area contributed by atoms with Gasteiger partial charge in [0.15, 0.2) is 0 Å². The minimum atomic E-state index is -0.0911. The van der Waals surface area contributed by atoms with Gasteiger partial charge in [-0.25, -0.2) is 4.79 Å². The summed E-state index contributed by atoms with van der Waals surface area (Å²) in [6.45, 7) is 4.24. The van der Waals surface area contributed by atoms with Crippen LogP contribution in [0.15, 0.2) is 24.3 Å². The van der Waals surface area contributed by atoms with Crippen LogP contribution < -0.4 is 10.6 Å². The summed E-state index contributed by atoms with van der Waals surface area (Å²) in [5.74, 6) is 1.01. The Bertz CT molecular complexity index is 609. The van der Waals surface area contributed by atoms with Crippen LogP contribution in [0, 0.1) is 5.92 Å². The van der Waals surface area contributed by atoms with Crippen molar-refractivity contribution in [3.8, 4) is 0 Å². The fraction of sp³-hybridized carbons (Fsp3) is 0.600. The molecule has 1 aromatic rings. The number of carbonyl (C=O) groups is 2. The maximum absolute atomic E-state index is 12.2. The number of hydrogen-bond acceptors (Lipinski definition) is 2. The molecule has 1 heterocycles. The van der Waals surface area contributed by atoms with Crippen LogP contribution in [-0.2, 0) is 17.9 Å². The van der Waals surface area contributed by atoms with E-state index in [1.54, 1.807) is 0 Å². The molecule has 1 saturated carbocycles. The van der Waals surface area contributed by atoms with Crippen molar-refractivity contribution in [2.24, 2.45) is 5.92 Å². The monoisotopic (exact) mass is 343 g/mol. The molecule has 2 N–H and O–H groups in total. The molecular formula is C20H29N3O2. The predicted molar refractivity (Wildman–Crippen MR) is 97.9 cm³/mol. The van der Waals surface area contributed by atoms with Crippen LogP contribution in [-0.4, -0.2) is 29.4 Å². The Balaban J connectivity index is 1.50. The molecule has 0 radical (unpaired) electrons. The third kappa shape index (κ3) is 4.97. The third-order valence-corrected chi connectivity index (χ3v) is 5.44. The normalized spacial score (nSPS) is 23.6. The van der Waals surface area contributed by atoms with Crippen LogP contribution in [0.2, 0.25) is 0 Å². The summed E-state index contributed by atoms with van der Waals surface area (Å²) in [6, 6.07) is 8.25. The number of likely N-dealkylation sites (tertiary alicyclic amines) is 1. The van der Waals surface area contributed by atoms with Gasteiger partial charge in [0.25, 0.3) is 0 Å². The molecule has 0 bridgehead atoms. The van der Waals surface area contributed by atoms with Crippen LogP contribution in [0.25, 0.3) is 0 Å². The lowest BCUT2D eigenvalue weighted by Gasteiger charge is -2.27. The van der Waals surface area contributed by atoms with E-state index in [1.165, 1.54) is 12.8 Å². The first-order valence-electron chi connectivity index (χ1n) is 9.50. The summed E-state index contributed by atoms with van der Waals surface area (Å²) >= 11 is 0. The summed E-state index contributed by atoms with van der Waals surface area (Å²) in [4.78, 5) is 25.9. The molecule has 3 rings (SSSR count). The lowest BCUT2D eigenvalue weighted by atomic mass is 9.87. The molecule has 1 aromatic carbocycles. The first-order chi connectivity index (χ1) is 12.1. The van der Waals surface area contributed by atoms with E-state index in [2.05, 4.69) is 17.6 Å². The van der Waals surface area contributed by atoms with Gasteiger partial charge in [0.2, 0.25) is 5.91 Å². The minimum Gasteiger partial charge on any atom is -0.338 e. The number of nitrogens with zero attached hydrogens (tertiary/aromatic N) is 1. The second-order valence-electron chi connectivity index (χ2n) is 7.47. The first-order valence-corrected chi connectivity index (χ1v) is 9.50.